The van der Waals surface area contributed by atoms with Crippen LogP contribution in [0.2, 0.25) is 0 Å². The van der Waals surface area contributed by atoms with Crippen LogP contribution < -0.4 is 9.04 Å². The van der Waals surface area contributed by atoms with Crippen LogP contribution in [0.1, 0.15) is 21.6 Å². The third-order valence-corrected chi connectivity index (χ3v) is 5.38. The van der Waals surface area contributed by atoms with Gasteiger partial charge in [0.15, 0.2) is 5.69 Å². The van der Waals surface area contributed by atoms with E-state index in [-0.39, 0.29) is 11.3 Å². The maximum absolute atomic E-state index is 14.0. The zero-order chi connectivity index (χ0) is 25.9. The fraction of sp³-hybridized carbons (Fsp3) is 0.400. The van der Waals surface area contributed by atoms with Crippen molar-refractivity contribution in [1.82, 2.24) is 4.98 Å². The number of methoxy groups -OCH3 is 3. The molecule has 8 nitrogen and oxygen atoms in total. The van der Waals surface area contributed by atoms with Gasteiger partial charge >= 0.3 is 12.1 Å². The molecule has 0 aliphatic carbocycles. The second kappa shape index (κ2) is 13.8. The van der Waals surface area contributed by atoms with E-state index in [1.807, 2.05) is 0 Å². The standard InChI is InChI=1S/C18H17F5N2O5S.C2H6O/c1-28-13-7-3-5-11(15(13)18(21,22)30-23)10-31(27)25(9-14(19)20)12-6-4-8-24-16(12)17(26)29-2;1-3-2/h3-8,14H,9-10H2,1-2H3;1-2H3. The van der Waals surface area contributed by atoms with Crippen LogP contribution in [0.15, 0.2) is 36.5 Å². The van der Waals surface area contributed by atoms with Crippen molar-refractivity contribution >= 4 is 22.6 Å². The summed E-state index contributed by atoms with van der Waals surface area (Å²) >= 11 is 0. The van der Waals surface area contributed by atoms with Crippen LogP contribution in [0, 0.1) is 0 Å². The van der Waals surface area contributed by atoms with Gasteiger partial charge in [0.1, 0.15) is 16.7 Å². The van der Waals surface area contributed by atoms with Gasteiger partial charge in [0.25, 0.3) is 6.43 Å². The highest BCUT2D eigenvalue weighted by molar-refractivity contribution is 7.85. The van der Waals surface area contributed by atoms with Gasteiger partial charge in [-0.25, -0.2) is 22.8 Å². The molecule has 190 valence electrons. The molecule has 0 radical (unpaired) electrons. The number of halogens is 5. The molecule has 0 saturated carbocycles. The molecular weight excluding hydrogens is 491 g/mol. The van der Waals surface area contributed by atoms with E-state index in [0.717, 1.165) is 26.4 Å². The average molecular weight is 514 g/mol. The van der Waals surface area contributed by atoms with Crippen LogP contribution in [0.25, 0.3) is 0 Å². The number of aromatic nitrogens is 1. The minimum Gasteiger partial charge on any atom is -0.496 e. The van der Waals surface area contributed by atoms with E-state index in [2.05, 4.69) is 19.4 Å². The number of rotatable bonds is 10. The summed E-state index contributed by atoms with van der Waals surface area (Å²) in [5, 5.41) is 0. The Morgan fingerprint density at radius 3 is 2.32 bits per heavy atom. The Hall–Kier alpha value is -2.84. The van der Waals surface area contributed by atoms with Crippen molar-refractivity contribution < 1.29 is 50.2 Å². The molecule has 0 fully saturated rings. The van der Waals surface area contributed by atoms with Crippen LogP contribution in [-0.2, 0) is 37.3 Å². The zero-order valence-corrected chi connectivity index (χ0v) is 19.4. The van der Waals surface area contributed by atoms with Crippen molar-refractivity contribution in [3.63, 3.8) is 0 Å². The van der Waals surface area contributed by atoms with Crippen molar-refractivity contribution in [3.05, 3.63) is 53.3 Å². The van der Waals surface area contributed by atoms with E-state index in [1.54, 1.807) is 14.2 Å². The van der Waals surface area contributed by atoms with Gasteiger partial charge in [0, 0.05) is 20.4 Å². The first kappa shape index (κ1) is 29.2. The normalized spacial score (nSPS) is 11.9. The van der Waals surface area contributed by atoms with Crippen LogP contribution >= 0.6 is 0 Å². The topological polar surface area (TPSA) is 87.2 Å². The summed E-state index contributed by atoms with van der Waals surface area (Å²) in [6.07, 6.45) is -6.26. The molecule has 0 saturated heterocycles. The molecule has 1 unspecified atom stereocenters. The predicted molar refractivity (Wildman–Crippen MR) is 113 cm³/mol. The van der Waals surface area contributed by atoms with Crippen LogP contribution in [0.4, 0.5) is 27.8 Å². The second-order valence-electron chi connectivity index (χ2n) is 6.28. The number of carbonyl (C=O) groups is 1. The highest BCUT2D eigenvalue weighted by Crippen LogP contribution is 2.39. The van der Waals surface area contributed by atoms with E-state index in [4.69, 9.17) is 4.74 Å². The molecule has 0 bridgehead atoms. The molecule has 0 aliphatic rings. The van der Waals surface area contributed by atoms with Gasteiger partial charge in [-0.1, -0.05) is 12.1 Å². The van der Waals surface area contributed by atoms with Gasteiger partial charge in [-0.05, 0) is 28.3 Å². The largest absolute Gasteiger partial charge is 0.496 e. The van der Waals surface area contributed by atoms with Gasteiger partial charge in [-0.2, -0.15) is 8.78 Å². The lowest BCUT2D eigenvalue weighted by Crippen LogP contribution is -2.34. The maximum Gasteiger partial charge on any atom is 0.416 e. The Balaban J connectivity index is 0.00000182. The van der Waals surface area contributed by atoms with E-state index in [9.17, 15) is 31.1 Å². The Morgan fingerprint density at radius 1 is 1.15 bits per heavy atom. The lowest BCUT2D eigenvalue weighted by atomic mass is 10.1. The molecular formula is C20H23F5N2O6S. The summed E-state index contributed by atoms with van der Waals surface area (Å²) < 4.78 is 94.2. The first-order valence-corrected chi connectivity index (χ1v) is 10.6. The van der Waals surface area contributed by atoms with E-state index >= 15 is 0 Å². The zero-order valence-electron chi connectivity index (χ0n) is 18.6. The number of hydrogen-bond acceptors (Lipinski definition) is 7. The maximum atomic E-state index is 14.0. The first-order valence-electron chi connectivity index (χ1n) is 9.29. The van der Waals surface area contributed by atoms with E-state index < -0.39 is 58.8 Å². The molecule has 1 heterocycles. The summed E-state index contributed by atoms with van der Waals surface area (Å²) in [6, 6.07) is 5.96. The fourth-order valence-corrected chi connectivity index (χ4v) is 4.02. The Labute approximate surface area is 195 Å². The third kappa shape index (κ3) is 7.60. The molecule has 1 atom stereocenters. The summed E-state index contributed by atoms with van der Waals surface area (Å²) in [5.41, 5.74) is -2.10. The van der Waals surface area contributed by atoms with Crippen LogP contribution in [0.3, 0.4) is 0 Å². The van der Waals surface area contributed by atoms with Crippen molar-refractivity contribution in [2.45, 2.75) is 18.3 Å². The number of pyridine rings is 1. The lowest BCUT2D eigenvalue weighted by Gasteiger charge is -2.25. The van der Waals surface area contributed by atoms with Crippen molar-refractivity contribution in [2.24, 2.45) is 0 Å². The number of esters is 1. The SMILES string of the molecule is COC.COC(=O)c1ncccc1N(CC(F)F)S(=O)Cc1cccc(OC)c1C(F)(F)OF. The molecule has 0 amide bonds. The highest BCUT2D eigenvalue weighted by atomic mass is 32.2. The van der Waals surface area contributed by atoms with Gasteiger partial charge in [0.2, 0.25) is 0 Å². The minimum absolute atomic E-state index is 0.258. The molecule has 2 aromatic rings. The third-order valence-electron chi connectivity index (χ3n) is 3.98. The number of nitrogens with zero attached hydrogens (tertiary/aromatic N) is 2. The number of ether oxygens (including phenoxy) is 3. The number of alkyl halides is 4. The number of anilines is 1. The van der Waals surface area contributed by atoms with Gasteiger partial charge in [-0.3, -0.25) is 4.31 Å². The smallest absolute Gasteiger partial charge is 0.416 e. The lowest BCUT2D eigenvalue weighted by molar-refractivity contribution is -0.364. The molecule has 0 spiro atoms. The average Bonchev–Trinajstić information content (AvgIpc) is 2.82. The second-order valence-corrected chi connectivity index (χ2v) is 7.65. The Bertz CT molecular complexity index is 967. The van der Waals surface area contributed by atoms with Crippen LogP contribution in [0.5, 0.6) is 5.75 Å². The molecule has 34 heavy (non-hydrogen) atoms. The molecule has 1 aromatic heterocycles. The van der Waals surface area contributed by atoms with Gasteiger partial charge in [-0.15, -0.1) is 4.94 Å². The fourth-order valence-electron chi connectivity index (χ4n) is 2.72. The first-order chi connectivity index (χ1) is 16.1. The molecule has 2 rings (SSSR count). The minimum atomic E-state index is -4.45. The Kier molecular flexibility index (Phi) is 11.8. The quantitative estimate of drug-likeness (QED) is 0.350. The van der Waals surface area contributed by atoms with Crippen molar-refractivity contribution in [3.8, 4) is 5.75 Å². The summed E-state index contributed by atoms with van der Waals surface area (Å²) in [6.45, 7) is -1.11. The number of hydrogen-bond donors (Lipinski definition) is 0. The summed E-state index contributed by atoms with van der Waals surface area (Å²) in [4.78, 5) is 18.4. The predicted octanol–water partition coefficient (Wildman–Crippen LogP) is 4.03. The Morgan fingerprint density at radius 2 is 1.79 bits per heavy atom. The van der Waals surface area contributed by atoms with Crippen LogP contribution in [-0.4, -0.2) is 56.6 Å². The monoisotopic (exact) mass is 514 g/mol. The van der Waals surface area contributed by atoms with Gasteiger partial charge < -0.3 is 14.2 Å². The molecule has 0 N–H and O–H groups in total. The molecule has 0 aliphatic heterocycles. The number of benzene rings is 1. The van der Waals surface area contributed by atoms with Crippen molar-refractivity contribution in [2.75, 3.05) is 39.3 Å². The number of carbonyl (C=O) groups excluding carboxylic acids is 1. The molecule has 14 heteroatoms. The summed E-state index contributed by atoms with van der Waals surface area (Å²) in [5.74, 6) is -2.20. The molecule has 1 aromatic carbocycles. The summed E-state index contributed by atoms with van der Waals surface area (Å²) in [7, 11) is 2.91. The van der Waals surface area contributed by atoms with Crippen molar-refractivity contribution in [1.29, 1.82) is 0 Å². The van der Waals surface area contributed by atoms with E-state index in [0.29, 0.717) is 4.31 Å². The highest BCUT2D eigenvalue weighted by Gasteiger charge is 2.41. The van der Waals surface area contributed by atoms with E-state index in [1.165, 1.54) is 24.4 Å². The van der Waals surface area contributed by atoms with Gasteiger partial charge in [0.05, 0.1) is 37.8 Å².